The fraction of sp³-hybridized carbons (Fsp3) is 0.500. The van der Waals surface area contributed by atoms with Gasteiger partial charge in [-0.3, -0.25) is 4.57 Å². The van der Waals surface area contributed by atoms with Gasteiger partial charge in [0.2, 0.25) is 0 Å². The maximum absolute atomic E-state index is 11.4. The highest BCUT2D eigenvalue weighted by Crippen LogP contribution is 2.44. The number of nitrogens with one attached hydrogen (secondary N) is 2. The average molecular weight is 261 g/mol. The minimum absolute atomic E-state index is 0.319. The molecule has 1 aliphatic rings. The van der Waals surface area contributed by atoms with E-state index in [4.69, 9.17) is 4.42 Å². The van der Waals surface area contributed by atoms with Crippen molar-refractivity contribution in [3.8, 4) is 0 Å². The van der Waals surface area contributed by atoms with Gasteiger partial charge >= 0.3 is 5.76 Å². The molecule has 1 fully saturated rings. The molecule has 0 unspecified atom stereocenters. The Morgan fingerprint density at radius 1 is 1.37 bits per heavy atom. The molecule has 5 nitrogen and oxygen atoms in total. The molecule has 102 valence electrons. The summed E-state index contributed by atoms with van der Waals surface area (Å²) in [7, 11) is 3.71. The molecule has 0 atom stereocenters. The Morgan fingerprint density at radius 2 is 2.16 bits per heavy atom. The van der Waals surface area contributed by atoms with E-state index in [9.17, 15) is 4.79 Å². The fourth-order valence-corrected chi connectivity index (χ4v) is 2.50. The molecule has 0 radical (unpaired) electrons. The van der Waals surface area contributed by atoms with Gasteiger partial charge < -0.3 is 15.1 Å². The van der Waals surface area contributed by atoms with Crippen LogP contribution in [0.5, 0.6) is 0 Å². The van der Waals surface area contributed by atoms with Gasteiger partial charge in [-0.2, -0.15) is 0 Å². The monoisotopic (exact) mass is 261 g/mol. The lowest BCUT2D eigenvalue weighted by Gasteiger charge is -2.16. The van der Waals surface area contributed by atoms with Gasteiger partial charge in [0.15, 0.2) is 5.58 Å². The van der Waals surface area contributed by atoms with Crippen LogP contribution in [0.1, 0.15) is 12.8 Å². The molecule has 1 heterocycles. The van der Waals surface area contributed by atoms with Crippen molar-refractivity contribution in [3.05, 3.63) is 28.7 Å². The van der Waals surface area contributed by atoms with Crippen molar-refractivity contribution in [1.29, 1.82) is 0 Å². The third-order valence-corrected chi connectivity index (χ3v) is 3.97. The van der Waals surface area contributed by atoms with E-state index >= 15 is 0 Å². The quantitative estimate of drug-likeness (QED) is 0.857. The predicted octanol–water partition coefficient (Wildman–Crippen LogP) is 1.54. The van der Waals surface area contributed by atoms with Crippen molar-refractivity contribution in [2.24, 2.45) is 12.5 Å². The second kappa shape index (κ2) is 4.42. The summed E-state index contributed by atoms with van der Waals surface area (Å²) in [5, 5.41) is 6.69. The molecule has 2 N–H and O–H groups in total. The van der Waals surface area contributed by atoms with Gasteiger partial charge in [0.25, 0.3) is 0 Å². The number of aromatic nitrogens is 1. The number of oxazole rings is 1. The molecule has 0 saturated heterocycles. The van der Waals surface area contributed by atoms with Gasteiger partial charge in [0.05, 0.1) is 5.52 Å². The smallest absolute Gasteiger partial charge is 0.408 e. The number of hydrogen-bond acceptors (Lipinski definition) is 4. The van der Waals surface area contributed by atoms with Gasteiger partial charge in [-0.15, -0.1) is 0 Å². The first-order valence-corrected chi connectivity index (χ1v) is 6.62. The summed E-state index contributed by atoms with van der Waals surface area (Å²) in [6, 6.07) is 5.80. The van der Waals surface area contributed by atoms with Crippen LogP contribution in [-0.4, -0.2) is 24.7 Å². The van der Waals surface area contributed by atoms with Crippen molar-refractivity contribution in [2.45, 2.75) is 12.8 Å². The highest BCUT2D eigenvalue weighted by molar-refractivity contribution is 5.77. The second-order valence-corrected chi connectivity index (χ2v) is 5.49. The Labute approximate surface area is 111 Å². The summed E-state index contributed by atoms with van der Waals surface area (Å²) in [6.45, 7) is 2.00. The van der Waals surface area contributed by atoms with Crippen LogP contribution >= 0.6 is 0 Å². The molecular formula is C14H19N3O2. The van der Waals surface area contributed by atoms with Crippen LogP contribution < -0.4 is 16.4 Å². The van der Waals surface area contributed by atoms with Crippen molar-refractivity contribution in [2.75, 3.05) is 25.5 Å². The van der Waals surface area contributed by atoms with Crippen LogP contribution in [0, 0.1) is 5.41 Å². The van der Waals surface area contributed by atoms with Gasteiger partial charge in [0.1, 0.15) is 0 Å². The molecule has 1 saturated carbocycles. The van der Waals surface area contributed by atoms with Crippen LogP contribution in [0.3, 0.4) is 0 Å². The Morgan fingerprint density at radius 3 is 2.84 bits per heavy atom. The molecule has 3 rings (SSSR count). The normalized spacial score (nSPS) is 16.7. The number of aryl methyl sites for hydroxylation is 1. The summed E-state index contributed by atoms with van der Waals surface area (Å²) < 4.78 is 6.71. The number of fused-ring (bicyclic) bond motifs is 1. The molecule has 1 aliphatic carbocycles. The third kappa shape index (κ3) is 2.26. The minimum atomic E-state index is -0.319. The van der Waals surface area contributed by atoms with Crippen molar-refractivity contribution in [3.63, 3.8) is 0 Å². The minimum Gasteiger partial charge on any atom is -0.408 e. The molecule has 2 aromatic rings. The summed E-state index contributed by atoms with van der Waals surface area (Å²) in [4.78, 5) is 11.4. The standard InChI is InChI=1S/C14H19N3O2/c1-15-8-14(5-6-14)9-16-10-3-4-11-12(7-10)19-13(18)17(11)2/h3-4,7,15-16H,5-6,8-9H2,1-2H3. The molecule has 0 spiro atoms. The van der Waals surface area contributed by atoms with Crippen molar-refractivity contribution < 1.29 is 4.42 Å². The van der Waals surface area contributed by atoms with Crippen molar-refractivity contribution in [1.82, 2.24) is 9.88 Å². The molecule has 5 heteroatoms. The molecule has 0 amide bonds. The molecule has 19 heavy (non-hydrogen) atoms. The Hall–Kier alpha value is -1.75. The number of rotatable bonds is 5. The SMILES string of the molecule is CNCC1(CNc2ccc3c(c2)oc(=O)n3C)CC1. The summed E-state index contributed by atoms with van der Waals surface area (Å²) in [6.07, 6.45) is 2.53. The Kier molecular flexibility index (Phi) is 2.86. The largest absolute Gasteiger partial charge is 0.419 e. The summed E-state index contributed by atoms with van der Waals surface area (Å²) in [5.41, 5.74) is 2.87. The van der Waals surface area contributed by atoms with E-state index in [1.54, 1.807) is 7.05 Å². The van der Waals surface area contributed by atoms with E-state index in [-0.39, 0.29) is 5.76 Å². The van der Waals surface area contributed by atoms with Crippen LogP contribution in [0.4, 0.5) is 5.69 Å². The van der Waals surface area contributed by atoms with Crippen molar-refractivity contribution >= 4 is 16.8 Å². The Bertz CT molecular complexity index is 652. The summed E-state index contributed by atoms with van der Waals surface area (Å²) in [5.74, 6) is -0.319. The lowest BCUT2D eigenvalue weighted by molar-refractivity contribution is 0.507. The van der Waals surface area contributed by atoms with E-state index in [2.05, 4.69) is 10.6 Å². The number of hydrogen-bond donors (Lipinski definition) is 2. The first-order chi connectivity index (χ1) is 9.13. The maximum atomic E-state index is 11.4. The lowest BCUT2D eigenvalue weighted by Crippen LogP contribution is -2.26. The van der Waals surface area contributed by atoms with E-state index in [1.807, 2.05) is 25.2 Å². The van der Waals surface area contributed by atoms with Crippen LogP contribution in [-0.2, 0) is 7.05 Å². The van der Waals surface area contributed by atoms with E-state index < -0.39 is 0 Å². The highest BCUT2D eigenvalue weighted by atomic mass is 16.4. The first kappa shape index (κ1) is 12.3. The molecule has 1 aromatic carbocycles. The summed E-state index contributed by atoms with van der Waals surface area (Å²) >= 11 is 0. The number of anilines is 1. The van der Waals surface area contributed by atoms with E-state index in [1.165, 1.54) is 17.4 Å². The maximum Gasteiger partial charge on any atom is 0.419 e. The first-order valence-electron chi connectivity index (χ1n) is 6.62. The third-order valence-electron chi connectivity index (χ3n) is 3.97. The predicted molar refractivity (Wildman–Crippen MR) is 75.5 cm³/mol. The molecule has 1 aromatic heterocycles. The highest BCUT2D eigenvalue weighted by Gasteiger charge is 2.41. The van der Waals surface area contributed by atoms with Crippen LogP contribution in [0.2, 0.25) is 0 Å². The van der Waals surface area contributed by atoms with Gasteiger partial charge in [-0.1, -0.05) is 0 Å². The second-order valence-electron chi connectivity index (χ2n) is 5.49. The van der Waals surface area contributed by atoms with Gasteiger partial charge in [0, 0.05) is 37.3 Å². The van der Waals surface area contributed by atoms with E-state index in [0.29, 0.717) is 11.0 Å². The molecule has 0 bridgehead atoms. The zero-order valence-corrected chi connectivity index (χ0v) is 11.3. The zero-order valence-electron chi connectivity index (χ0n) is 11.3. The number of benzene rings is 1. The number of nitrogens with zero attached hydrogens (tertiary/aromatic N) is 1. The van der Waals surface area contributed by atoms with Gasteiger partial charge in [-0.25, -0.2) is 4.79 Å². The lowest BCUT2D eigenvalue weighted by atomic mass is 10.1. The molecular weight excluding hydrogens is 242 g/mol. The van der Waals surface area contributed by atoms with Crippen LogP contribution in [0.25, 0.3) is 11.1 Å². The zero-order chi connectivity index (χ0) is 13.5. The molecule has 0 aliphatic heterocycles. The fourth-order valence-electron chi connectivity index (χ4n) is 2.50. The van der Waals surface area contributed by atoms with Crippen LogP contribution in [0.15, 0.2) is 27.4 Å². The van der Waals surface area contributed by atoms with E-state index in [0.717, 1.165) is 24.3 Å². The van der Waals surface area contributed by atoms with Gasteiger partial charge in [-0.05, 0) is 32.0 Å². The average Bonchev–Trinajstić information content (AvgIpc) is 3.10. The Balaban J connectivity index is 1.77. The topological polar surface area (TPSA) is 59.2 Å².